The van der Waals surface area contributed by atoms with Gasteiger partial charge in [0, 0.05) is 12.0 Å². The first-order valence-corrected chi connectivity index (χ1v) is 3.47. The lowest BCUT2D eigenvalue weighted by molar-refractivity contribution is -0.116. The van der Waals surface area contributed by atoms with E-state index in [9.17, 15) is 4.79 Å². The summed E-state index contributed by atoms with van der Waals surface area (Å²) in [6.07, 6.45) is 7.42. The molecule has 0 radical (unpaired) electrons. The molecule has 0 fully saturated rings. The molecule has 2 nitrogen and oxygen atoms in total. The van der Waals surface area contributed by atoms with Crippen LogP contribution in [0.15, 0.2) is 29.1 Å². The van der Waals surface area contributed by atoms with Crippen LogP contribution in [0.4, 0.5) is 0 Å². The van der Waals surface area contributed by atoms with Gasteiger partial charge in [-0.1, -0.05) is 12.2 Å². The number of rotatable bonds is 3. The molecule has 2 heteroatoms. The maximum atomic E-state index is 10.5. The molecule has 0 saturated heterocycles. The van der Waals surface area contributed by atoms with Gasteiger partial charge in [-0.15, -0.1) is 0 Å². The van der Waals surface area contributed by atoms with Gasteiger partial charge in [-0.25, -0.2) is 0 Å². The summed E-state index contributed by atoms with van der Waals surface area (Å²) >= 11 is 0. The quantitative estimate of drug-likeness (QED) is 0.661. The summed E-state index contributed by atoms with van der Waals surface area (Å²) < 4.78 is 4.84. The molecule has 0 aliphatic rings. The highest BCUT2D eigenvalue weighted by Crippen LogP contribution is 2.02. The topological polar surface area (TPSA) is 30.2 Å². The van der Waals surface area contributed by atoms with Gasteiger partial charge >= 0.3 is 0 Å². The van der Waals surface area contributed by atoms with E-state index in [2.05, 4.69) is 0 Å². The van der Waals surface area contributed by atoms with Crippen LogP contribution in [0, 0.1) is 0 Å². The van der Waals surface area contributed by atoms with Crippen LogP contribution in [0.25, 0.3) is 6.08 Å². The molecule has 1 rings (SSSR count). The van der Waals surface area contributed by atoms with Gasteiger partial charge in [-0.3, -0.25) is 4.79 Å². The predicted molar refractivity (Wildman–Crippen MR) is 43.0 cm³/mol. The van der Waals surface area contributed by atoms with Gasteiger partial charge in [-0.05, 0) is 13.0 Å². The van der Waals surface area contributed by atoms with E-state index in [1.807, 2.05) is 18.2 Å². The first-order valence-electron chi connectivity index (χ1n) is 3.47. The van der Waals surface area contributed by atoms with Crippen LogP contribution in [0.1, 0.15) is 18.9 Å². The Morgan fingerprint density at radius 2 is 2.55 bits per heavy atom. The number of furan rings is 1. The summed E-state index contributed by atoms with van der Waals surface area (Å²) in [5.41, 5.74) is 0.992. The van der Waals surface area contributed by atoms with Gasteiger partial charge in [0.2, 0.25) is 0 Å². The van der Waals surface area contributed by atoms with Crippen LogP contribution < -0.4 is 0 Å². The van der Waals surface area contributed by atoms with E-state index in [-0.39, 0.29) is 5.78 Å². The van der Waals surface area contributed by atoms with Crippen molar-refractivity contribution in [2.24, 2.45) is 0 Å². The number of carbonyl (C=O) groups is 1. The second kappa shape index (κ2) is 3.76. The minimum atomic E-state index is 0.171. The molecule has 1 aromatic rings. The summed E-state index contributed by atoms with van der Waals surface area (Å²) in [5, 5.41) is 0. The van der Waals surface area contributed by atoms with Crippen molar-refractivity contribution in [3.8, 4) is 0 Å². The lowest BCUT2D eigenvalue weighted by Gasteiger charge is -1.82. The first kappa shape index (κ1) is 7.79. The van der Waals surface area contributed by atoms with Crippen molar-refractivity contribution in [2.75, 3.05) is 0 Å². The van der Waals surface area contributed by atoms with Crippen LogP contribution >= 0.6 is 0 Å². The van der Waals surface area contributed by atoms with Crippen molar-refractivity contribution in [3.05, 3.63) is 30.2 Å². The highest BCUT2D eigenvalue weighted by atomic mass is 16.3. The van der Waals surface area contributed by atoms with Gasteiger partial charge in [-0.2, -0.15) is 0 Å². The zero-order chi connectivity index (χ0) is 8.10. The average molecular weight is 150 g/mol. The molecule has 0 N–H and O–H groups in total. The third-order valence-corrected chi connectivity index (χ3v) is 1.26. The minimum Gasteiger partial charge on any atom is -0.472 e. The zero-order valence-corrected chi connectivity index (χ0v) is 6.41. The Hall–Kier alpha value is -1.31. The monoisotopic (exact) mass is 150 g/mol. The number of hydrogen-bond donors (Lipinski definition) is 0. The van der Waals surface area contributed by atoms with Gasteiger partial charge in [0.1, 0.15) is 5.78 Å². The Morgan fingerprint density at radius 3 is 3.09 bits per heavy atom. The van der Waals surface area contributed by atoms with Crippen molar-refractivity contribution in [1.29, 1.82) is 0 Å². The van der Waals surface area contributed by atoms with Crippen molar-refractivity contribution < 1.29 is 9.21 Å². The van der Waals surface area contributed by atoms with Crippen LogP contribution in [-0.2, 0) is 4.79 Å². The highest BCUT2D eigenvalue weighted by molar-refractivity contribution is 5.78. The fraction of sp³-hybridized carbons (Fsp3) is 0.222. The third kappa shape index (κ3) is 2.85. The van der Waals surface area contributed by atoms with Gasteiger partial charge in [0.05, 0.1) is 12.5 Å². The molecular formula is C9H10O2. The normalized spacial score (nSPS) is 10.6. The Kier molecular flexibility index (Phi) is 2.66. The molecule has 0 saturated carbocycles. The molecular weight excluding hydrogens is 140 g/mol. The molecule has 0 unspecified atom stereocenters. The molecule has 0 aliphatic carbocycles. The largest absolute Gasteiger partial charge is 0.472 e. The molecule has 11 heavy (non-hydrogen) atoms. The van der Waals surface area contributed by atoms with Crippen molar-refractivity contribution in [2.45, 2.75) is 13.3 Å². The highest BCUT2D eigenvalue weighted by Gasteiger charge is 1.88. The van der Waals surface area contributed by atoms with E-state index >= 15 is 0 Å². The van der Waals surface area contributed by atoms with E-state index in [4.69, 9.17) is 4.42 Å². The van der Waals surface area contributed by atoms with Crippen LogP contribution in [-0.4, -0.2) is 5.78 Å². The molecule has 0 spiro atoms. The molecule has 1 heterocycles. The average Bonchev–Trinajstić information content (AvgIpc) is 2.39. The number of allylic oxidation sites excluding steroid dienone is 1. The Morgan fingerprint density at radius 1 is 1.73 bits per heavy atom. The Bertz CT molecular complexity index is 245. The zero-order valence-electron chi connectivity index (χ0n) is 6.41. The summed E-state index contributed by atoms with van der Waals surface area (Å²) in [6, 6.07) is 1.84. The van der Waals surface area contributed by atoms with E-state index in [1.165, 1.54) is 0 Å². The lowest BCUT2D eigenvalue weighted by atomic mass is 10.2. The van der Waals surface area contributed by atoms with Gasteiger partial charge in [0.25, 0.3) is 0 Å². The van der Waals surface area contributed by atoms with E-state index in [1.54, 1.807) is 19.5 Å². The molecule has 58 valence electrons. The van der Waals surface area contributed by atoms with E-state index < -0.39 is 0 Å². The van der Waals surface area contributed by atoms with Crippen LogP contribution in [0.3, 0.4) is 0 Å². The van der Waals surface area contributed by atoms with Crippen molar-refractivity contribution >= 4 is 11.9 Å². The van der Waals surface area contributed by atoms with Crippen LogP contribution in [0.2, 0.25) is 0 Å². The standard InChI is InChI=1S/C9H10O2/c1-8(10)3-2-4-9-5-6-11-7-9/h2,4-7H,3H2,1H3/b4-2+. The van der Waals surface area contributed by atoms with Gasteiger partial charge in [0.15, 0.2) is 0 Å². The molecule has 0 atom stereocenters. The number of Topliss-reactive ketones (excluding diaryl/α,β-unsaturated/α-hetero) is 1. The number of carbonyl (C=O) groups excluding carboxylic acids is 1. The fourth-order valence-corrected chi connectivity index (χ4v) is 0.731. The van der Waals surface area contributed by atoms with Gasteiger partial charge < -0.3 is 4.42 Å². The van der Waals surface area contributed by atoms with E-state index in [0.717, 1.165) is 5.56 Å². The maximum Gasteiger partial charge on any atom is 0.133 e. The third-order valence-electron chi connectivity index (χ3n) is 1.26. The second-order valence-corrected chi connectivity index (χ2v) is 2.37. The molecule has 0 aliphatic heterocycles. The summed E-state index contributed by atoms with van der Waals surface area (Å²) in [6.45, 7) is 1.57. The maximum absolute atomic E-state index is 10.5. The molecule has 1 aromatic heterocycles. The van der Waals surface area contributed by atoms with Crippen LogP contribution in [0.5, 0.6) is 0 Å². The van der Waals surface area contributed by atoms with Crippen molar-refractivity contribution in [1.82, 2.24) is 0 Å². The Labute approximate surface area is 65.5 Å². The number of hydrogen-bond acceptors (Lipinski definition) is 2. The summed E-state index contributed by atoms with van der Waals surface area (Å²) in [5.74, 6) is 0.171. The lowest BCUT2D eigenvalue weighted by Crippen LogP contribution is -1.83. The fourth-order valence-electron chi connectivity index (χ4n) is 0.731. The van der Waals surface area contributed by atoms with Crippen molar-refractivity contribution in [3.63, 3.8) is 0 Å². The molecule has 0 aromatic carbocycles. The minimum absolute atomic E-state index is 0.171. The number of ketones is 1. The van der Waals surface area contributed by atoms with E-state index in [0.29, 0.717) is 6.42 Å². The smallest absolute Gasteiger partial charge is 0.133 e. The SMILES string of the molecule is CC(=O)C/C=C/c1ccoc1. The predicted octanol–water partition coefficient (Wildman–Crippen LogP) is 2.27. The molecule has 0 bridgehead atoms. The first-order chi connectivity index (χ1) is 5.29. The molecule has 0 amide bonds. The Balaban J connectivity index is 2.43. The summed E-state index contributed by atoms with van der Waals surface area (Å²) in [7, 11) is 0. The summed E-state index contributed by atoms with van der Waals surface area (Å²) in [4.78, 5) is 10.5. The second-order valence-electron chi connectivity index (χ2n) is 2.37.